The van der Waals surface area contributed by atoms with Crippen LogP contribution in [0.2, 0.25) is 0 Å². The van der Waals surface area contributed by atoms with Gasteiger partial charge in [0.2, 0.25) is 0 Å². The third-order valence-electron chi connectivity index (χ3n) is 5.68. The molecule has 5 nitrogen and oxygen atoms in total. The zero-order valence-electron chi connectivity index (χ0n) is 15.7. The molecule has 1 saturated carbocycles. The van der Waals surface area contributed by atoms with Crippen molar-refractivity contribution in [2.75, 3.05) is 6.54 Å². The molecule has 1 unspecified atom stereocenters. The molecule has 26 heavy (non-hydrogen) atoms. The Morgan fingerprint density at radius 3 is 2.27 bits per heavy atom. The van der Waals surface area contributed by atoms with Crippen molar-refractivity contribution in [3.8, 4) is 0 Å². The summed E-state index contributed by atoms with van der Waals surface area (Å²) in [6, 6.07) is 5.32. The van der Waals surface area contributed by atoms with Crippen LogP contribution in [0.1, 0.15) is 66.4 Å². The minimum Gasteiger partial charge on any atom is -0.345 e. The van der Waals surface area contributed by atoms with Gasteiger partial charge in [-0.25, -0.2) is 0 Å². The van der Waals surface area contributed by atoms with Gasteiger partial charge in [0.15, 0.2) is 5.78 Å². The lowest BCUT2D eigenvalue weighted by molar-refractivity contribution is -0.146. The summed E-state index contributed by atoms with van der Waals surface area (Å²) >= 11 is 0. The molecule has 1 aliphatic carbocycles. The Bertz CT molecular complexity index is 687. The van der Waals surface area contributed by atoms with E-state index in [1.807, 2.05) is 32.0 Å². The maximum Gasteiger partial charge on any atom is 0.312 e. The summed E-state index contributed by atoms with van der Waals surface area (Å²) in [7, 11) is 0. The molecule has 2 amide bonds. The lowest BCUT2D eigenvalue weighted by atomic mass is 9.94. The van der Waals surface area contributed by atoms with Crippen molar-refractivity contribution >= 4 is 17.6 Å². The van der Waals surface area contributed by atoms with E-state index in [4.69, 9.17) is 0 Å². The first kappa shape index (κ1) is 18.6. The Hall–Kier alpha value is -2.17. The van der Waals surface area contributed by atoms with E-state index in [-0.39, 0.29) is 11.8 Å². The van der Waals surface area contributed by atoms with E-state index in [1.165, 1.54) is 11.3 Å². The molecule has 1 N–H and O–H groups in total. The molecule has 1 saturated heterocycles. The van der Waals surface area contributed by atoms with Crippen LogP contribution in [0.3, 0.4) is 0 Å². The summed E-state index contributed by atoms with van der Waals surface area (Å²) in [5.74, 6) is -1.16. The van der Waals surface area contributed by atoms with Crippen molar-refractivity contribution in [3.05, 3.63) is 34.9 Å². The molecule has 5 heteroatoms. The Balaban J connectivity index is 1.71. The molecular formula is C21H28N2O3. The van der Waals surface area contributed by atoms with Gasteiger partial charge < -0.3 is 10.2 Å². The van der Waals surface area contributed by atoms with Crippen LogP contribution < -0.4 is 5.32 Å². The zero-order chi connectivity index (χ0) is 18.7. The van der Waals surface area contributed by atoms with E-state index in [2.05, 4.69) is 5.32 Å². The maximum atomic E-state index is 13.1. The molecule has 0 aromatic heterocycles. The van der Waals surface area contributed by atoms with E-state index < -0.39 is 17.9 Å². The van der Waals surface area contributed by atoms with Crippen LogP contribution in [0, 0.1) is 13.8 Å². The second-order valence-electron chi connectivity index (χ2n) is 7.60. The topological polar surface area (TPSA) is 66.5 Å². The number of hydrogen-bond acceptors (Lipinski definition) is 3. The Morgan fingerprint density at radius 1 is 0.962 bits per heavy atom. The molecule has 1 atom stereocenters. The number of nitrogens with one attached hydrogen (secondary N) is 1. The second kappa shape index (κ2) is 8.02. The molecular weight excluding hydrogens is 328 g/mol. The van der Waals surface area contributed by atoms with Crippen LogP contribution >= 0.6 is 0 Å². The van der Waals surface area contributed by atoms with Crippen LogP contribution in [0.25, 0.3) is 0 Å². The summed E-state index contributed by atoms with van der Waals surface area (Å²) in [4.78, 5) is 39.7. The van der Waals surface area contributed by atoms with Crippen molar-refractivity contribution in [2.24, 2.45) is 0 Å². The van der Waals surface area contributed by atoms with E-state index in [1.54, 1.807) is 0 Å². The predicted octanol–water partition coefficient (Wildman–Crippen LogP) is 2.93. The van der Waals surface area contributed by atoms with E-state index in [9.17, 15) is 14.4 Å². The summed E-state index contributed by atoms with van der Waals surface area (Å²) in [5, 5.41) is 2.88. The van der Waals surface area contributed by atoms with Gasteiger partial charge in [0.1, 0.15) is 0 Å². The fraction of sp³-hybridized carbons (Fsp3) is 0.571. The van der Waals surface area contributed by atoms with Gasteiger partial charge in [-0.2, -0.15) is 0 Å². The molecule has 0 bridgehead atoms. The predicted molar refractivity (Wildman–Crippen MR) is 100.0 cm³/mol. The molecule has 1 heterocycles. The zero-order valence-corrected chi connectivity index (χ0v) is 15.7. The number of amides is 2. The number of benzene rings is 1. The van der Waals surface area contributed by atoms with Gasteiger partial charge in [-0.05, 0) is 50.7 Å². The van der Waals surface area contributed by atoms with Crippen LogP contribution in [0.4, 0.5) is 0 Å². The van der Waals surface area contributed by atoms with Crippen molar-refractivity contribution in [2.45, 2.75) is 70.9 Å². The van der Waals surface area contributed by atoms with Crippen LogP contribution in [0.5, 0.6) is 0 Å². The smallest absolute Gasteiger partial charge is 0.312 e. The van der Waals surface area contributed by atoms with Crippen molar-refractivity contribution in [1.82, 2.24) is 10.2 Å². The second-order valence-corrected chi connectivity index (χ2v) is 7.60. The molecule has 140 valence electrons. The number of ketones is 1. The minimum absolute atomic E-state index is 0.0445. The molecule has 1 aromatic carbocycles. The number of Topliss-reactive ketones (excluding diaryl/α,β-unsaturated/α-hetero) is 1. The van der Waals surface area contributed by atoms with Crippen LogP contribution in [0.15, 0.2) is 18.2 Å². The SMILES string of the molecule is Cc1cccc(C)c1C(=O)C1CCCN1C(=O)C(=O)NC1CCCCC1. The largest absolute Gasteiger partial charge is 0.345 e. The highest BCUT2D eigenvalue weighted by Gasteiger charge is 2.38. The van der Waals surface area contributed by atoms with Crippen LogP contribution in [-0.2, 0) is 9.59 Å². The van der Waals surface area contributed by atoms with Gasteiger partial charge in [0.25, 0.3) is 0 Å². The highest BCUT2D eigenvalue weighted by Crippen LogP contribution is 2.25. The monoisotopic (exact) mass is 356 g/mol. The summed E-state index contributed by atoms with van der Waals surface area (Å²) in [5.41, 5.74) is 2.52. The number of rotatable bonds is 3. The maximum absolute atomic E-state index is 13.1. The average molecular weight is 356 g/mol. The highest BCUT2D eigenvalue weighted by atomic mass is 16.2. The Morgan fingerprint density at radius 2 is 1.62 bits per heavy atom. The van der Waals surface area contributed by atoms with Crippen LogP contribution in [-0.4, -0.2) is 41.1 Å². The average Bonchev–Trinajstić information content (AvgIpc) is 3.11. The van der Waals surface area contributed by atoms with Crippen molar-refractivity contribution in [1.29, 1.82) is 0 Å². The third-order valence-corrected chi connectivity index (χ3v) is 5.68. The number of aryl methyl sites for hydroxylation is 2. The summed E-state index contributed by atoms with van der Waals surface area (Å²) in [6.07, 6.45) is 6.62. The first-order valence-corrected chi connectivity index (χ1v) is 9.71. The quantitative estimate of drug-likeness (QED) is 0.669. The molecule has 2 fully saturated rings. The lowest BCUT2D eigenvalue weighted by Gasteiger charge is -2.27. The number of likely N-dealkylation sites (tertiary alicyclic amines) is 1. The molecule has 3 rings (SSSR count). The van der Waals surface area contributed by atoms with Gasteiger partial charge in [0, 0.05) is 18.2 Å². The summed E-state index contributed by atoms with van der Waals surface area (Å²) < 4.78 is 0. The van der Waals surface area contributed by atoms with Crippen molar-refractivity contribution in [3.63, 3.8) is 0 Å². The lowest BCUT2D eigenvalue weighted by Crippen LogP contribution is -2.50. The molecule has 0 radical (unpaired) electrons. The van der Waals surface area contributed by atoms with Gasteiger partial charge in [0.05, 0.1) is 6.04 Å². The molecule has 1 aliphatic heterocycles. The number of carbonyl (C=O) groups is 3. The first-order chi connectivity index (χ1) is 12.5. The number of carbonyl (C=O) groups excluding carboxylic acids is 3. The van der Waals surface area contributed by atoms with Crippen molar-refractivity contribution < 1.29 is 14.4 Å². The molecule has 1 aromatic rings. The standard InChI is InChI=1S/C21H28N2O3/c1-14-8-6-9-15(2)18(14)19(24)17-12-7-13-23(17)21(26)20(25)22-16-10-4-3-5-11-16/h6,8-9,16-17H,3-5,7,10-13H2,1-2H3,(H,22,25). The Labute approximate surface area is 155 Å². The minimum atomic E-state index is -0.558. The number of nitrogens with zero attached hydrogens (tertiary/aromatic N) is 1. The molecule has 0 spiro atoms. The van der Waals surface area contributed by atoms with Gasteiger partial charge >= 0.3 is 11.8 Å². The molecule has 2 aliphatic rings. The van der Waals surface area contributed by atoms with E-state index in [0.29, 0.717) is 18.5 Å². The first-order valence-electron chi connectivity index (χ1n) is 9.71. The third kappa shape index (κ3) is 3.81. The summed E-state index contributed by atoms with van der Waals surface area (Å²) in [6.45, 7) is 4.30. The van der Waals surface area contributed by atoms with E-state index >= 15 is 0 Å². The fourth-order valence-corrected chi connectivity index (χ4v) is 4.28. The fourth-order valence-electron chi connectivity index (χ4n) is 4.28. The van der Waals surface area contributed by atoms with Gasteiger partial charge in [-0.15, -0.1) is 0 Å². The van der Waals surface area contributed by atoms with Gasteiger partial charge in [-0.3, -0.25) is 14.4 Å². The highest BCUT2D eigenvalue weighted by molar-refractivity contribution is 6.35. The van der Waals surface area contributed by atoms with E-state index in [0.717, 1.165) is 43.2 Å². The normalized spacial score (nSPS) is 20.8. The van der Waals surface area contributed by atoms with Gasteiger partial charge in [-0.1, -0.05) is 37.5 Å². The number of hydrogen-bond donors (Lipinski definition) is 1. The Kier molecular flexibility index (Phi) is 5.74.